The molecule has 5 heteroatoms. The first kappa shape index (κ1) is 23.9. The van der Waals surface area contributed by atoms with Gasteiger partial charge >= 0.3 is 26.2 Å². The zero-order valence-electron chi connectivity index (χ0n) is 8.73. The first-order valence-electron chi connectivity index (χ1n) is 3.94. The van der Waals surface area contributed by atoms with Crippen LogP contribution in [0.4, 0.5) is 0 Å². The van der Waals surface area contributed by atoms with Crippen LogP contribution in [-0.2, 0) is 26.2 Å². The standard InChI is InChI=1S/C8H18NO.2ClH.Zr/c1-5-7-8(10,6-2)9(3)4;;;/h5-7H2,1-4H3;2*1H;/q-1;;;+3/p-2. The fourth-order valence-electron chi connectivity index (χ4n) is 1.11. The molecule has 13 heavy (non-hydrogen) atoms. The number of hydrogen-bond acceptors (Lipinski definition) is 2. The minimum absolute atomic E-state index is 0. The predicted molar refractivity (Wildman–Crippen MR) is 41.6 cm³/mol. The van der Waals surface area contributed by atoms with Gasteiger partial charge in [0.1, 0.15) is 0 Å². The van der Waals surface area contributed by atoms with Gasteiger partial charge in [0.25, 0.3) is 0 Å². The van der Waals surface area contributed by atoms with Gasteiger partial charge < -0.3 is 34.8 Å². The molecule has 0 amide bonds. The number of halogens is 2. The number of nitrogens with zero attached hydrogens (tertiary/aromatic N) is 1. The van der Waals surface area contributed by atoms with E-state index in [1.807, 2.05) is 27.9 Å². The van der Waals surface area contributed by atoms with Crippen LogP contribution in [0.5, 0.6) is 0 Å². The van der Waals surface area contributed by atoms with Gasteiger partial charge in [-0.05, 0) is 14.1 Å². The van der Waals surface area contributed by atoms with Gasteiger partial charge in [0.05, 0.1) is 0 Å². The first-order chi connectivity index (χ1) is 4.56. The molecule has 0 aliphatic rings. The molecule has 1 radical (unpaired) electrons. The van der Waals surface area contributed by atoms with E-state index in [1.165, 1.54) is 0 Å². The SMILES string of the molecule is CCCC([O-])(CC)N(C)C.[Cl-].[Cl-].[Zr+3]. The minimum atomic E-state index is -0.825. The van der Waals surface area contributed by atoms with Crippen molar-refractivity contribution >= 4 is 0 Å². The van der Waals surface area contributed by atoms with Crippen LogP contribution in [0.3, 0.4) is 0 Å². The molecule has 1 atom stereocenters. The Hall–Kier alpha value is 1.38. The van der Waals surface area contributed by atoms with Crippen LogP contribution >= 0.6 is 0 Å². The molecule has 0 aromatic rings. The third-order valence-electron chi connectivity index (χ3n) is 2.01. The molecule has 0 aromatic heterocycles. The van der Waals surface area contributed by atoms with Gasteiger partial charge in [0, 0.05) is 0 Å². The van der Waals surface area contributed by atoms with E-state index in [1.54, 1.807) is 4.90 Å². The molecule has 0 N–H and O–H groups in total. The van der Waals surface area contributed by atoms with Crippen molar-refractivity contribution < 1.29 is 56.1 Å². The number of hydrogen-bond donors (Lipinski definition) is 0. The van der Waals surface area contributed by atoms with E-state index in [-0.39, 0.29) is 51.0 Å². The molecule has 0 bridgehead atoms. The summed E-state index contributed by atoms with van der Waals surface area (Å²) >= 11 is 0. The molecule has 0 spiro atoms. The van der Waals surface area contributed by atoms with Crippen molar-refractivity contribution in [2.45, 2.75) is 38.8 Å². The van der Waals surface area contributed by atoms with Crippen molar-refractivity contribution in [3.05, 3.63) is 0 Å². The van der Waals surface area contributed by atoms with Gasteiger partial charge in [0.2, 0.25) is 0 Å². The molecule has 0 aliphatic heterocycles. The molecule has 0 aromatic carbocycles. The summed E-state index contributed by atoms with van der Waals surface area (Å²) in [5.74, 6) is 0. The smallest absolute Gasteiger partial charge is 1.00 e. The molecule has 0 saturated carbocycles. The molecule has 0 fully saturated rings. The summed E-state index contributed by atoms with van der Waals surface area (Å²) in [6.07, 6.45) is 2.40. The average molecular weight is 306 g/mol. The van der Waals surface area contributed by atoms with Crippen LogP contribution in [0.25, 0.3) is 0 Å². The molecule has 0 saturated heterocycles. The van der Waals surface area contributed by atoms with Gasteiger partial charge in [-0.15, -0.1) is 0 Å². The molecular formula is C8H18Cl2NOZr. The first-order valence-corrected chi connectivity index (χ1v) is 3.94. The summed E-state index contributed by atoms with van der Waals surface area (Å²) in [5.41, 5.74) is -0.825. The Bertz CT molecular complexity index is 106. The van der Waals surface area contributed by atoms with E-state index in [4.69, 9.17) is 0 Å². The number of rotatable bonds is 4. The van der Waals surface area contributed by atoms with E-state index in [0.29, 0.717) is 6.42 Å². The van der Waals surface area contributed by atoms with E-state index >= 15 is 0 Å². The Labute approximate surface area is 113 Å². The van der Waals surface area contributed by atoms with Crippen LogP contribution in [0.2, 0.25) is 0 Å². The van der Waals surface area contributed by atoms with Crippen molar-refractivity contribution in [3.8, 4) is 0 Å². The third kappa shape index (κ3) is 8.38. The molecule has 1 unspecified atom stereocenters. The molecule has 0 aliphatic carbocycles. The Kier molecular flexibility index (Phi) is 21.1. The van der Waals surface area contributed by atoms with Gasteiger partial charge in [-0.1, -0.05) is 38.8 Å². The van der Waals surface area contributed by atoms with Crippen molar-refractivity contribution in [1.82, 2.24) is 4.90 Å². The molecular weight excluding hydrogens is 288 g/mol. The Morgan fingerprint density at radius 1 is 1.15 bits per heavy atom. The maximum absolute atomic E-state index is 11.7. The summed E-state index contributed by atoms with van der Waals surface area (Å²) in [4.78, 5) is 1.77. The minimum Gasteiger partial charge on any atom is -1.00 e. The van der Waals surface area contributed by atoms with E-state index in [0.717, 1.165) is 12.8 Å². The molecule has 2 nitrogen and oxygen atoms in total. The van der Waals surface area contributed by atoms with E-state index in [2.05, 4.69) is 0 Å². The normalized spacial score (nSPS) is 13.4. The average Bonchev–Trinajstić information content (AvgIpc) is 1.88. The van der Waals surface area contributed by atoms with Gasteiger partial charge in [-0.3, -0.25) is 0 Å². The van der Waals surface area contributed by atoms with Crippen LogP contribution in [0, 0.1) is 0 Å². The molecule has 0 heterocycles. The summed E-state index contributed by atoms with van der Waals surface area (Å²) in [6.45, 7) is 3.99. The van der Waals surface area contributed by atoms with Crippen molar-refractivity contribution in [3.63, 3.8) is 0 Å². The zero-order valence-corrected chi connectivity index (χ0v) is 12.7. The third-order valence-corrected chi connectivity index (χ3v) is 2.01. The Morgan fingerprint density at radius 3 is 1.62 bits per heavy atom. The molecule has 0 rings (SSSR count). The summed E-state index contributed by atoms with van der Waals surface area (Å²) in [6, 6.07) is 0. The van der Waals surface area contributed by atoms with E-state index in [9.17, 15) is 5.11 Å². The fraction of sp³-hybridized carbons (Fsp3) is 1.00. The predicted octanol–water partition coefficient (Wildman–Crippen LogP) is -5.18. The van der Waals surface area contributed by atoms with Crippen LogP contribution in [0.1, 0.15) is 33.1 Å². The fourth-order valence-corrected chi connectivity index (χ4v) is 1.11. The van der Waals surface area contributed by atoms with E-state index < -0.39 is 5.72 Å². The van der Waals surface area contributed by atoms with Crippen molar-refractivity contribution in [1.29, 1.82) is 0 Å². The van der Waals surface area contributed by atoms with Gasteiger partial charge in [0.15, 0.2) is 0 Å². The second kappa shape index (κ2) is 11.5. The monoisotopic (exact) mass is 304 g/mol. The second-order valence-corrected chi connectivity index (χ2v) is 2.94. The summed E-state index contributed by atoms with van der Waals surface area (Å²) < 4.78 is 0. The molecule has 79 valence electrons. The van der Waals surface area contributed by atoms with Gasteiger partial charge in [-0.25, -0.2) is 0 Å². The maximum atomic E-state index is 11.7. The largest absolute Gasteiger partial charge is 3.00 e. The topological polar surface area (TPSA) is 26.3 Å². The zero-order chi connectivity index (χ0) is 8.20. The van der Waals surface area contributed by atoms with Crippen molar-refractivity contribution in [2.24, 2.45) is 0 Å². The quantitative estimate of drug-likeness (QED) is 0.486. The maximum Gasteiger partial charge on any atom is 3.00 e. The van der Waals surface area contributed by atoms with Crippen LogP contribution in [0.15, 0.2) is 0 Å². The van der Waals surface area contributed by atoms with Crippen LogP contribution in [-0.4, -0.2) is 24.7 Å². The Balaban J connectivity index is -0.000000135. The second-order valence-electron chi connectivity index (χ2n) is 2.94. The van der Waals surface area contributed by atoms with Crippen LogP contribution < -0.4 is 29.9 Å². The summed E-state index contributed by atoms with van der Waals surface area (Å²) in [5, 5.41) is 11.7. The van der Waals surface area contributed by atoms with Crippen molar-refractivity contribution in [2.75, 3.05) is 14.1 Å². The summed E-state index contributed by atoms with van der Waals surface area (Å²) in [7, 11) is 3.71. The Morgan fingerprint density at radius 2 is 1.54 bits per heavy atom. The van der Waals surface area contributed by atoms with Gasteiger partial charge in [-0.2, -0.15) is 0 Å².